The van der Waals surface area contributed by atoms with Crippen LogP contribution >= 0.6 is 23.2 Å². The van der Waals surface area contributed by atoms with Gasteiger partial charge in [0.2, 0.25) is 0 Å². The van der Waals surface area contributed by atoms with Crippen LogP contribution in [0.25, 0.3) is 0 Å². The summed E-state index contributed by atoms with van der Waals surface area (Å²) in [5, 5.41) is 7.32. The third-order valence-electron chi connectivity index (χ3n) is 3.29. The second kappa shape index (κ2) is 8.56. The number of amides is 1. The highest BCUT2D eigenvalue weighted by Gasteiger charge is 2.16. The minimum absolute atomic E-state index is 0.466. The Hall–Kier alpha value is -1.75. The molecule has 25 heavy (non-hydrogen) atoms. The van der Waals surface area contributed by atoms with Gasteiger partial charge in [0.15, 0.2) is 0 Å². The Morgan fingerprint density at radius 3 is 2.16 bits per heavy atom. The Bertz CT molecular complexity index is 705. The van der Waals surface area contributed by atoms with E-state index < -0.39 is 11.7 Å². The lowest BCUT2D eigenvalue weighted by molar-refractivity contribution is 0.0636. The van der Waals surface area contributed by atoms with Crippen LogP contribution in [0, 0.1) is 0 Å². The molecule has 2 aromatic rings. The third kappa shape index (κ3) is 6.58. The monoisotopic (exact) mass is 380 g/mol. The summed E-state index contributed by atoms with van der Waals surface area (Å²) in [6.07, 6.45) is -0.466. The molecule has 2 aromatic carbocycles. The zero-order valence-corrected chi connectivity index (χ0v) is 16.0. The fourth-order valence-electron chi connectivity index (χ4n) is 2.16. The molecule has 0 bridgehead atoms. The standard InChI is InChI=1S/C19H22Cl2N2O2/c1-19(2,3)25-18(24)23-14-9-7-13(8-10-14)11-22-12-15-16(20)5-4-6-17(15)21/h4-10,22H,11-12H2,1-3H3,(H,23,24). The van der Waals surface area contributed by atoms with Crippen molar-refractivity contribution < 1.29 is 9.53 Å². The van der Waals surface area contributed by atoms with E-state index in [2.05, 4.69) is 10.6 Å². The number of halogens is 2. The lowest BCUT2D eigenvalue weighted by Crippen LogP contribution is -2.27. The van der Waals surface area contributed by atoms with E-state index >= 15 is 0 Å². The second-order valence-electron chi connectivity index (χ2n) is 6.63. The van der Waals surface area contributed by atoms with Gasteiger partial charge < -0.3 is 10.1 Å². The summed E-state index contributed by atoms with van der Waals surface area (Å²) in [4.78, 5) is 11.7. The molecule has 134 valence electrons. The van der Waals surface area contributed by atoms with Gasteiger partial charge in [0.05, 0.1) is 0 Å². The SMILES string of the molecule is CC(C)(C)OC(=O)Nc1ccc(CNCc2c(Cl)cccc2Cl)cc1. The van der Waals surface area contributed by atoms with Gasteiger partial charge in [0.25, 0.3) is 0 Å². The van der Waals surface area contributed by atoms with E-state index in [9.17, 15) is 4.79 Å². The van der Waals surface area contributed by atoms with Crippen LogP contribution in [0.1, 0.15) is 31.9 Å². The zero-order chi connectivity index (χ0) is 18.4. The van der Waals surface area contributed by atoms with E-state index in [-0.39, 0.29) is 0 Å². The predicted octanol–water partition coefficient (Wildman–Crippen LogP) is 5.63. The van der Waals surface area contributed by atoms with Gasteiger partial charge >= 0.3 is 6.09 Å². The quantitative estimate of drug-likeness (QED) is 0.706. The average molecular weight is 381 g/mol. The Labute approximate surface area is 158 Å². The summed E-state index contributed by atoms with van der Waals surface area (Å²) in [5.41, 5.74) is 2.13. The van der Waals surface area contributed by atoms with Crippen LogP contribution in [-0.2, 0) is 17.8 Å². The normalized spacial score (nSPS) is 11.2. The zero-order valence-electron chi connectivity index (χ0n) is 14.5. The molecule has 0 fully saturated rings. The van der Waals surface area contributed by atoms with E-state index in [0.717, 1.165) is 11.1 Å². The molecule has 0 saturated heterocycles. The van der Waals surface area contributed by atoms with Gasteiger partial charge in [-0.1, -0.05) is 41.4 Å². The smallest absolute Gasteiger partial charge is 0.412 e. The first-order chi connectivity index (χ1) is 11.7. The molecule has 0 aliphatic carbocycles. The van der Waals surface area contributed by atoms with Gasteiger partial charge in [-0.3, -0.25) is 5.32 Å². The first-order valence-corrected chi connectivity index (χ1v) is 8.73. The molecular weight excluding hydrogens is 359 g/mol. The molecule has 0 aromatic heterocycles. The molecule has 4 nitrogen and oxygen atoms in total. The number of ether oxygens (including phenoxy) is 1. The van der Waals surface area contributed by atoms with Gasteiger partial charge in [0, 0.05) is 34.4 Å². The summed E-state index contributed by atoms with van der Waals surface area (Å²) in [6, 6.07) is 13.0. The molecule has 0 spiro atoms. The van der Waals surface area contributed by atoms with Crippen LogP contribution < -0.4 is 10.6 Å². The Morgan fingerprint density at radius 2 is 1.60 bits per heavy atom. The van der Waals surface area contributed by atoms with Gasteiger partial charge in [-0.2, -0.15) is 0 Å². The first kappa shape index (κ1) is 19.6. The summed E-state index contributed by atoms with van der Waals surface area (Å²) >= 11 is 12.3. The van der Waals surface area contributed by atoms with Crippen molar-refractivity contribution in [3.05, 3.63) is 63.6 Å². The molecule has 2 N–H and O–H groups in total. The van der Waals surface area contributed by atoms with Gasteiger partial charge in [0.1, 0.15) is 5.60 Å². The topological polar surface area (TPSA) is 50.4 Å². The largest absolute Gasteiger partial charge is 0.444 e. The highest BCUT2D eigenvalue weighted by molar-refractivity contribution is 6.35. The van der Waals surface area contributed by atoms with Crippen molar-refractivity contribution in [3.63, 3.8) is 0 Å². The molecule has 1 amide bonds. The fourth-order valence-corrected chi connectivity index (χ4v) is 2.69. The van der Waals surface area contributed by atoms with Crippen molar-refractivity contribution in [3.8, 4) is 0 Å². The molecule has 0 aliphatic rings. The summed E-state index contributed by atoms with van der Waals surface area (Å²) in [5.74, 6) is 0. The summed E-state index contributed by atoms with van der Waals surface area (Å²) < 4.78 is 5.22. The Morgan fingerprint density at radius 1 is 1.00 bits per heavy atom. The maximum atomic E-state index is 11.7. The van der Waals surface area contributed by atoms with E-state index in [1.807, 2.05) is 63.2 Å². The van der Waals surface area contributed by atoms with Crippen molar-refractivity contribution in [1.82, 2.24) is 5.32 Å². The van der Waals surface area contributed by atoms with Gasteiger partial charge in [-0.25, -0.2) is 4.79 Å². The molecule has 0 atom stereocenters. The summed E-state index contributed by atoms with van der Waals surface area (Å²) in [7, 11) is 0. The van der Waals surface area contributed by atoms with E-state index in [1.54, 1.807) is 0 Å². The van der Waals surface area contributed by atoms with Crippen LogP contribution in [0.4, 0.5) is 10.5 Å². The number of nitrogens with one attached hydrogen (secondary N) is 2. The van der Waals surface area contributed by atoms with Crippen LogP contribution in [0.5, 0.6) is 0 Å². The van der Waals surface area contributed by atoms with Crippen molar-refractivity contribution in [1.29, 1.82) is 0 Å². The number of rotatable bonds is 5. The molecule has 6 heteroatoms. The molecule has 2 rings (SSSR count). The molecule has 0 saturated carbocycles. The number of benzene rings is 2. The summed E-state index contributed by atoms with van der Waals surface area (Å²) in [6.45, 7) is 6.72. The number of hydrogen-bond acceptors (Lipinski definition) is 3. The number of anilines is 1. The van der Waals surface area contributed by atoms with Crippen molar-refractivity contribution in [2.24, 2.45) is 0 Å². The minimum Gasteiger partial charge on any atom is -0.444 e. The van der Waals surface area contributed by atoms with Crippen molar-refractivity contribution >= 4 is 35.0 Å². The number of hydrogen-bond donors (Lipinski definition) is 2. The van der Waals surface area contributed by atoms with Gasteiger partial charge in [-0.05, 0) is 50.6 Å². The number of carbonyl (C=O) groups is 1. The lowest BCUT2D eigenvalue weighted by Gasteiger charge is -2.19. The second-order valence-corrected chi connectivity index (χ2v) is 7.44. The lowest BCUT2D eigenvalue weighted by atomic mass is 10.2. The molecule has 0 unspecified atom stereocenters. The highest BCUT2D eigenvalue weighted by Crippen LogP contribution is 2.24. The fraction of sp³-hybridized carbons (Fsp3) is 0.316. The van der Waals surface area contributed by atoms with Crippen LogP contribution in [0.3, 0.4) is 0 Å². The number of carbonyl (C=O) groups excluding carboxylic acids is 1. The van der Waals surface area contributed by atoms with Crippen molar-refractivity contribution in [2.75, 3.05) is 5.32 Å². The molecular formula is C19H22Cl2N2O2. The van der Waals surface area contributed by atoms with E-state index in [0.29, 0.717) is 28.8 Å². The molecule has 0 aliphatic heterocycles. The first-order valence-electron chi connectivity index (χ1n) is 7.97. The maximum Gasteiger partial charge on any atom is 0.412 e. The average Bonchev–Trinajstić information content (AvgIpc) is 2.50. The minimum atomic E-state index is -0.520. The van der Waals surface area contributed by atoms with Crippen LogP contribution in [-0.4, -0.2) is 11.7 Å². The third-order valence-corrected chi connectivity index (χ3v) is 4.00. The molecule has 0 heterocycles. The van der Waals surface area contributed by atoms with Crippen LogP contribution in [0.2, 0.25) is 10.0 Å². The Kier molecular flexibility index (Phi) is 6.71. The predicted molar refractivity (Wildman–Crippen MR) is 103 cm³/mol. The molecule has 0 radical (unpaired) electrons. The Balaban J connectivity index is 1.85. The van der Waals surface area contributed by atoms with Crippen LogP contribution in [0.15, 0.2) is 42.5 Å². The maximum absolute atomic E-state index is 11.7. The van der Waals surface area contributed by atoms with Gasteiger partial charge in [-0.15, -0.1) is 0 Å². The van der Waals surface area contributed by atoms with Crippen molar-refractivity contribution in [2.45, 2.75) is 39.5 Å². The van der Waals surface area contributed by atoms with E-state index in [4.69, 9.17) is 27.9 Å². The highest BCUT2D eigenvalue weighted by atomic mass is 35.5. The van der Waals surface area contributed by atoms with E-state index in [1.165, 1.54) is 0 Å².